The number of hydrogen-bond donors (Lipinski definition) is 2. The lowest BCUT2D eigenvalue weighted by Gasteiger charge is -2.33. The fourth-order valence-corrected chi connectivity index (χ4v) is 3.05. The lowest BCUT2D eigenvalue weighted by molar-refractivity contribution is -0.123. The van der Waals surface area contributed by atoms with Crippen molar-refractivity contribution in [1.29, 1.82) is 0 Å². The van der Waals surface area contributed by atoms with Crippen LogP contribution in [0.1, 0.15) is 57.2 Å². The molecule has 124 valence electrons. The minimum Gasteiger partial charge on any atom is -0.349 e. The van der Waals surface area contributed by atoms with Gasteiger partial charge in [-0.1, -0.05) is 45.0 Å². The molecule has 1 aromatic carbocycles. The van der Waals surface area contributed by atoms with E-state index >= 15 is 0 Å². The van der Waals surface area contributed by atoms with Crippen molar-refractivity contribution in [2.75, 3.05) is 6.54 Å². The highest BCUT2D eigenvalue weighted by molar-refractivity contribution is 5.85. The van der Waals surface area contributed by atoms with Crippen LogP contribution in [-0.4, -0.2) is 18.5 Å². The van der Waals surface area contributed by atoms with Crippen LogP contribution in [0.4, 0.5) is 0 Å². The van der Waals surface area contributed by atoms with Crippen molar-refractivity contribution in [3.8, 4) is 0 Å². The summed E-state index contributed by atoms with van der Waals surface area (Å²) in [6.07, 6.45) is 2.87. The summed E-state index contributed by atoms with van der Waals surface area (Å²) in [5, 5.41) is 6.65. The molecule has 0 radical (unpaired) electrons. The molecule has 1 aliphatic rings. The zero-order chi connectivity index (χ0) is 15.5. The number of aryl methyl sites for hydroxylation is 1. The molecule has 0 bridgehead atoms. The predicted molar refractivity (Wildman–Crippen MR) is 94.4 cm³/mol. The van der Waals surface area contributed by atoms with E-state index in [-0.39, 0.29) is 29.8 Å². The van der Waals surface area contributed by atoms with Gasteiger partial charge in [0.1, 0.15) is 0 Å². The summed E-state index contributed by atoms with van der Waals surface area (Å²) in [7, 11) is 0. The molecule has 0 aliphatic carbocycles. The highest BCUT2D eigenvalue weighted by Gasteiger charge is 2.29. The Morgan fingerprint density at radius 1 is 1.36 bits per heavy atom. The predicted octanol–water partition coefficient (Wildman–Crippen LogP) is 3.76. The number of benzene rings is 1. The van der Waals surface area contributed by atoms with Crippen LogP contribution in [0.3, 0.4) is 0 Å². The van der Waals surface area contributed by atoms with Gasteiger partial charge in [0.05, 0.1) is 6.04 Å². The van der Waals surface area contributed by atoms with E-state index in [2.05, 4.69) is 50.5 Å². The van der Waals surface area contributed by atoms with Crippen molar-refractivity contribution in [2.24, 2.45) is 5.41 Å². The molecular formula is C18H29ClN2O. The molecule has 2 unspecified atom stereocenters. The highest BCUT2D eigenvalue weighted by atomic mass is 35.5. The molecule has 1 fully saturated rings. The lowest BCUT2D eigenvalue weighted by atomic mass is 9.80. The van der Waals surface area contributed by atoms with Crippen LogP contribution in [-0.2, 0) is 4.79 Å². The first kappa shape index (κ1) is 19.0. The third-order valence-corrected chi connectivity index (χ3v) is 4.26. The fraction of sp³-hybridized carbons (Fsp3) is 0.611. The number of halogens is 1. The Morgan fingerprint density at radius 3 is 2.59 bits per heavy atom. The van der Waals surface area contributed by atoms with Crippen LogP contribution in [0.2, 0.25) is 0 Å². The van der Waals surface area contributed by atoms with Crippen molar-refractivity contribution in [3.05, 3.63) is 35.4 Å². The van der Waals surface area contributed by atoms with E-state index in [1.807, 2.05) is 12.1 Å². The molecule has 2 rings (SSSR count). The summed E-state index contributed by atoms with van der Waals surface area (Å²) in [5.74, 6) is 0.151. The van der Waals surface area contributed by atoms with Crippen LogP contribution < -0.4 is 10.6 Å². The molecule has 0 spiro atoms. The van der Waals surface area contributed by atoms with Gasteiger partial charge in [-0.25, -0.2) is 0 Å². The minimum atomic E-state index is -0.00905. The Morgan fingerprint density at radius 2 is 2.05 bits per heavy atom. The second kappa shape index (κ2) is 7.98. The normalized spacial score (nSPS) is 19.4. The molecule has 4 heteroatoms. The number of carbonyl (C=O) groups is 1. The molecule has 1 aromatic rings. The summed E-state index contributed by atoms with van der Waals surface area (Å²) in [5.41, 5.74) is 2.44. The second-order valence-corrected chi connectivity index (χ2v) is 7.22. The van der Waals surface area contributed by atoms with Crippen LogP contribution in [0.25, 0.3) is 0 Å². The maximum absolute atomic E-state index is 12.4. The van der Waals surface area contributed by atoms with Crippen LogP contribution in [0, 0.1) is 12.3 Å². The first-order chi connectivity index (χ1) is 9.88. The van der Waals surface area contributed by atoms with Crippen molar-refractivity contribution >= 4 is 18.3 Å². The zero-order valence-corrected chi connectivity index (χ0v) is 14.9. The topological polar surface area (TPSA) is 41.1 Å². The molecule has 1 saturated heterocycles. The highest BCUT2D eigenvalue weighted by Crippen LogP contribution is 2.34. The van der Waals surface area contributed by atoms with Gasteiger partial charge in [0, 0.05) is 12.5 Å². The first-order valence-corrected chi connectivity index (χ1v) is 7.96. The van der Waals surface area contributed by atoms with E-state index < -0.39 is 0 Å². The summed E-state index contributed by atoms with van der Waals surface area (Å²) in [4.78, 5) is 12.4. The smallest absolute Gasteiger partial charge is 0.222 e. The van der Waals surface area contributed by atoms with Crippen molar-refractivity contribution in [3.63, 3.8) is 0 Å². The van der Waals surface area contributed by atoms with Gasteiger partial charge >= 0.3 is 0 Å². The number of amides is 1. The summed E-state index contributed by atoms with van der Waals surface area (Å²) < 4.78 is 0. The third kappa shape index (κ3) is 4.99. The first-order valence-electron chi connectivity index (χ1n) is 7.96. The van der Waals surface area contributed by atoms with Crippen molar-refractivity contribution < 1.29 is 4.79 Å². The average Bonchev–Trinajstić information content (AvgIpc) is 2.88. The molecule has 0 aromatic heterocycles. The molecule has 3 nitrogen and oxygen atoms in total. The van der Waals surface area contributed by atoms with Gasteiger partial charge in [-0.15, -0.1) is 12.4 Å². The molecule has 1 aliphatic heterocycles. The monoisotopic (exact) mass is 324 g/mol. The molecule has 0 saturated carbocycles. The van der Waals surface area contributed by atoms with Crippen LogP contribution in [0.15, 0.2) is 24.3 Å². The average molecular weight is 325 g/mol. The quantitative estimate of drug-likeness (QED) is 0.885. The van der Waals surface area contributed by atoms with Crippen LogP contribution >= 0.6 is 12.4 Å². The lowest BCUT2D eigenvalue weighted by Crippen LogP contribution is -2.39. The molecular weight excluding hydrogens is 296 g/mol. The standard InChI is InChI=1S/C18H28N2O.ClH/c1-13-8-5-6-10-15(13)17(18(2,3)4)20-16(21)12-14-9-7-11-19-14;/h5-6,8,10,14,17,19H,7,9,11-12H2,1-4H3,(H,20,21);1H. The third-order valence-electron chi connectivity index (χ3n) is 4.26. The van der Waals surface area contributed by atoms with Gasteiger partial charge < -0.3 is 10.6 Å². The SMILES string of the molecule is Cc1ccccc1C(NC(=O)CC1CCCN1)C(C)(C)C.Cl. The Hall–Kier alpha value is -1.06. The van der Waals surface area contributed by atoms with Gasteiger partial charge in [0.15, 0.2) is 0 Å². The molecule has 1 heterocycles. The van der Waals surface area contributed by atoms with Crippen LogP contribution in [0.5, 0.6) is 0 Å². The molecule has 22 heavy (non-hydrogen) atoms. The Kier molecular flexibility index (Phi) is 6.89. The number of carbonyl (C=O) groups excluding carboxylic acids is 1. The molecule has 1 amide bonds. The van der Waals surface area contributed by atoms with E-state index in [1.165, 1.54) is 17.5 Å². The molecule has 2 atom stereocenters. The largest absolute Gasteiger partial charge is 0.349 e. The summed E-state index contributed by atoms with van der Waals surface area (Å²) in [6, 6.07) is 8.72. The van der Waals surface area contributed by atoms with Crippen molar-refractivity contribution in [2.45, 2.75) is 59.0 Å². The maximum atomic E-state index is 12.4. The Balaban J connectivity index is 0.00000242. The van der Waals surface area contributed by atoms with Gasteiger partial charge in [0.25, 0.3) is 0 Å². The number of rotatable bonds is 4. The fourth-order valence-electron chi connectivity index (χ4n) is 3.05. The zero-order valence-electron chi connectivity index (χ0n) is 14.1. The van der Waals surface area contributed by atoms with Gasteiger partial charge in [-0.3, -0.25) is 4.79 Å². The van der Waals surface area contributed by atoms with Gasteiger partial charge in [-0.2, -0.15) is 0 Å². The van der Waals surface area contributed by atoms with E-state index in [0.29, 0.717) is 12.5 Å². The number of nitrogens with one attached hydrogen (secondary N) is 2. The minimum absolute atomic E-state index is 0. The van der Waals surface area contributed by atoms with E-state index in [4.69, 9.17) is 0 Å². The van der Waals surface area contributed by atoms with E-state index in [1.54, 1.807) is 0 Å². The Labute approximate surface area is 140 Å². The van der Waals surface area contributed by atoms with E-state index in [9.17, 15) is 4.79 Å². The Bertz CT molecular complexity index is 490. The van der Waals surface area contributed by atoms with E-state index in [0.717, 1.165) is 13.0 Å². The number of hydrogen-bond acceptors (Lipinski definition) is 2. The van der Waals surface area contributed by atoms with Gasteiger partial charge in [0.2, 0.25) is 5.91 Å². The second-order valence-electron chi connectivity index (χ2n) is 7.22. The summed E-state index contributed by atoms with van der Waals surface area (Å²) >= 11 is 0. The van der Waals surface area contributed by atoms with Crippen molar-refractivity contribution in [1.82, 2.24) is 10.6 Å². The summed E-state index contributed by atoms with van der Waals surface area (Å²) in [6.45, 7) is 9.69. The van der Waals surface area contributed by atoms with Gasteiger partial charge in [-0.05, 0) is 42.9 Å². The molecule has 2 N–H and O–H groups in total. The maximum Gasteiger partial charge on any atom is 0.222 e.